The lowest BCUT2D eigenvalue weighted by atomic mass is 10.4. The van der Waals surface area contributed by atoms with Crippen molar-refractivity contribution >= 4 is 15.6 Å². The SMILES string of the molecule is O=[P+]1C=CC(OP(=O)(O)O)C1. The van der Waals surface area contributed by atoms with E-state index >= 15 is 0 Å². The molecule has 62 valence electrons. The van der Waals surface area contributed by atoms with Crippen LogP contribution in [0.15, 0.2) is 11.9 Å². The van der Waals surface area contributed by atoms with Crippen LogP contribution >= 0.6 is 15.6 Å². The van der Waals surface area contributed by atoms with E-state index in [0.29, 0.717) is 0 Å². The molecule has 2 unspecified atom stereocenters. The molecule has 0 aliphatic carbocycles. The second-order valence-electron chi connectivity index (χ2n) is 2.08. The zero-order valence-corrected chi connectivity index (χ0v) is 7.24. The van der Waals surface area contributed by atoms with Crippen molar-refractivity contribution in [2.75, 3.05) is 6.16 Å². The summed E-state index contributed by atoms with van der Waals surface area (Å²) in [7, 11) is -5.88. The molecule has 0 aromatic heterocycles. The van der Waals surface area contributed by atoms with Crippen LogP contribution in [0.5, 0.6) is 0 Å². The first-order valence-corrected chi connectivity index (χ1v) is 5.88. The second-order valence-corrected chi connectivity index (χ2v) is 4.77. The summed E-state index contributed by atoms with van der Waals surface area (Å²) in [5, 5.41) is 0. The smallest absolute Gasteiger partial charge is 0.303 e. The van der Waals surface area contributed by atoms with Crippen molar-refractivity contribution in [2.24, 2.45) is 0 Å². The first-order valence-electron chi connectivity index (χ1n) is 2.83. The minimum atomic E-state index is -4.42. The van der Waals surface area contributed by atoms with Crippen LogP contribution in [-0.2, 0) is 13.7 Å². The van der Waals surface area contributed by atoms with Gasteiger partial charge in [-0.1, -0.05) is 4.57 Å². The van der Waals surface area contributed by atoms with E-state index in [9.17, 15) is 9.13 Å². The highest BCUT2D eigenvalue weighted by Crippen LogP contribution is 2.42. The highest BCUT2D eigenvalue weighted by atomic mass is 31.2. The molecular weight excluding hydrogens is 190 g/mol. The van der Waals surface area contributed by atoms with E-state index in [2.05, 4.69) is 4.52 Å². The van der Waals surface area contributed by atoms with Gasteiger partial charge in [0.25, 0.3) is 0 Å². The molecule has 2 atom stereocenters. The Bertz CT molecular complexity index is 241. The molecule has 1 rings (SSSR count). The van der Waals surface area contributed by atoms with Crippen molar-refractivity contribution in [3.8, 4) is 0 Å². The highest BCUT2D eigenvalue weighted by Gasteiger charge is 2.32. The van der Waals surface area contributed by atoms with E-state index < -0.39 is 21.7 Å². The summed E-state index contributed by atoms with van der Waals surface area (Å²) in [5.41, 5.74) is 0. The van der Waals surface area contributed by atoms with Crippen molar-refractivity contribution in [3.63, 3.8) is 0 Å². The molecule has 0 saturated carbocycles. The van der Waals surface area contributed by atoms with Gasteiger partial charge in [-0.3, -0.25) is 4.52 Å². The van der Waals surface area contributed by atoms with E-state index in [1.807, 2.05) is 0 Å². The van der Waals surface area contributed by atoms with Gasteiger partial charge in [-0.25, -0.2) is 4.57 Å². The molecular formula is C4H7O5P2+. The molecule has 5 nitrogen and oxygen atoms in total. The fraction of sp³-hybridized carbons (Fsp3) is 0.500. The Morgan fingerprint density at radius 2 is 2.27 bits per heavy atom. The lowest BCUT2D eigenvalue weighted by Gasteiger charge is -2.05. The fourth-order valence-corrected chi connectivity index (χ4v) is 2.41. The van der Waals surface area contributed by atoms with Gasteiger partial charge in [0.2, 0.25) is 0 Å². The van der Waals surface area contributed by atoms with Crippen LogP contribution in [0.3, 0.4) is 0 Å². The van der Waals surface area contributed by atoms with E-state index in [1.165, 1.54) is 11.9 Å². The maximum atomic E-state index is 10.7. The van der Waals surface area contributed by atoms with Crippen LogP contribution in [0.25, 0.3) is 0 Å². The number of rotatable bonds is 2. The van der Waals surface area contributed by atoms with Gasteiger partial charge in [0, 0.05) is 0 Å². The van der Waals surface area contributed by atoms with Gasteiger partial charge in [0.15, 0.2) is 12.0 Å². The lowest BCUT2D eigenvalue weighted by molar-refractivity contribution is 0.174. The third kappa shape index (κ3) is 3.23. The minimum absolute atomic E-state index is 0.167. The first-order chi connectivity index (χ1) is 4.97. The van der Waals surface area contributed by atoms with Gasteiger partial charge in [0.1, 0.15) is 6.10 Å². The third-order valence-electron chi connectivity index (χ3n) is 1.10. The predicted octanol–water partition coefficient (Wildman–Crippen LogP) is 0.819. The minimum Gasteiger partial charge on any atom is -0.303 e. The van der Waals surface area contributed by atoms with Crippen molar-refractivity contribution in [3.05, 3.63) is 11.9 Å². The van der Waals surface area contributed by atoms with Gasteiger partial charge >= 0.3 is 15.6 Å². The molecule has 11 heavy (non-hydrogen) atoms. The van der Waals surface area contributed by atoms with E-state index in [4.69, 9.17) is 9.79 Å². The number of phosphoric acid groups is 1. The lowest BCUT2D eigenvalue weighted by Crippen LogP contribution is -2.07. The summed E-state index contributed by atoms with van der Waals surface area (Å²) in [6.45, 7) is 0. The molecule has 0 spiro atoms. The molecule has 2 N–H and O–H groups in total. The molecule has 0 bridgehead atoms. The van der Waals surface area contributed by atoms with Gasteiger partial charge in [-0.05, 0) is 6.08 Å². The molecule has 1 heterocycles. The molecule has 1 aliphatic rings. The van der Waals surface area contributed by atoms with Gasteiger partial charge in [-0.2, -0.15) is 0 Å². The van der Waals surface area contributed by atoms with Crippen LogP contribution in [0, 0.1) is 0 Å². The molecule has 0 saturated heterocycles. The van der Waals surface area contributed by atoms with E-state index in [0.717, 1.165) is 0 Å². The maximum Gasteiger partial charge on any atom is 0.470 e. The Morgan fingerprint density at radius 1 is 1.64 bits per heavy atom. The third-order valence-corrected chi connectivity index (χ3v) is 2.87. The van der Waals surface area contributed by atoms with Crippen LogP contribution in [0.4, 0.5) is 0 Å². The molecule has 0 aromatic carbocycles. The first kappa shape index (κ1) is 9.04. The summed E-state index contributed by atoms with van der Waals surface area (Å²) in [5.74, 6) is 1.40. The summed E-state index contributed by atoms with van der Waals surface area (Å²) < 4.78 is 25.2. The van der Waals surface area contributed by atoms with Gasteiger partial charge in [-0.15, -0.1) is 0 Å². The summed E-state index contributed by atoms with van der Waals surface area (Å²) in [4.78, 5) is 16.6. The molecule has 0 fully saturated rings. The van der Waals surface area contributed by atoms with Crippen molar-refractivity contribution in [1.82, 2.24) is 0 Å². The maximum absolute atomic E-state index is 10.7. The monoisotopic (exact) mass is 197 g/mol. The van der Waals surface area contributed by atoms with Crippen LogP contribution in [0.1, 0.15) is 0 Å². The van der Waals surface area contributed by atoms with Gasteiger partial charge in [0.05, 0.1) is 0 Å². The Labute approximate surface area is 64.1 Å². The van der Waals surface area contributed by atoms with Crippen molar-refractivity contribution < 1.29 is 23.4 Å². The van der Waals surface area contributed by atoms with Crippen molar-refractivity contribution in [2.45, 2.75) is 6.10 Å². The second kappa shape index (κ2) is 3.13. The standard InChI is InChI=1S/C4H6O5P2/c5-10-2-1-4(3-10)9-11(6,7)8/h1-2,4H,3H2,(H-,6,7,8)/p+1. The summed E-state index contributed by atoms with van der Waals surface area (Å²) >= 11 is 0. The van der Waals surface area contributed by atoms with Crippen LogP contribution in [-0.4, -0.2) is 22.1 Å². The summed E-state index contributed by atoms with van der Waals surface area (Å²) in [6, 6.07) is 0. The number of hydrogen-bond donors (Lipinski definition) is 2. The average Bonchev–Trinajstić information content (AvgIpc) is 2.10. The molecule has 1 aliphatic heterocycles. The molecule has 0 radical (unpaired) electrons. The Balaban J connectivity index is 2.48. The fourth-order valence-electron chi connectivity index (χ4n) is 0.736. The highest BCUT2D eigenvalue weighted by molar-refractivity contribution is 7.49. The molecule has 7 heteroatoms. The Kier molecular flexibility index (Phi) is 2.58. The van der Waals surface area contributed by atoms with E-state index in [1.54, 1.807) is 0 Å². The Hall–Kier alpha value is -0.0500. The van der Waals surface area contributed by atoms with Crippen LogP contribution < -0.4 is 0 Å². The van der Waals surface area contributed by atoms with Gasteiger partial charge < -0.3 is 9.79 Å². The quantitative estimate of drug-likeness (QED) is 0.640. The van der Waals surface area contributed by atoms with Crippen LogP contribution in [0.2, 0.25) is 0 Å². The number of hydrogen-bond acceptors (Lipinski definition) is 3. The summed E-state index contributed by atoms with van der Waals surface area (Å²) in [6.07, 6.45) is 0.873. The number of phosphoric ester groups is 1. The predicted molar refractivity (Wildman–Crippen MR) is 38.5 cm³/mol. The average molecular weight is 197 g/mol. The topological polar surface area (TPSA) is 83.8 Å². The zero-order chi connectivity index (χ0) is 8.48. The molecule has 0 aromatic rings. The zero-order valence-electron chi connectivity index (χ0n) is 5.45. The van der Waals surface area contributed by atoms with Crippen molar-refractivity contribution in [1.29, 1.82) is 0 Å². The van der Waals surface area contributed by atoms with E-state index in [-0.39, 0.29) is 6.16 Å². The Morgan fingerprint density at radius 3 is 2.64 bits per heavy atom. The largest absolute Gasteiger partial charge is 0.470 e. The molecule has 0 amide bonds. The normalized spacial score (nSPS) is 27.8.